The highest BCUT2D eigenvalue weighted by atomic mass is 28.3. The smallest absolute Gasteiger partial charge is 0.260 e. The number of fused-ring (bicyclic) bond motifs is 21. The summed E-state index contributed by atoms with van der Waals surface area (Å²) in [7, 11) is -6.17. The third-order valence-electron chi connectivity index (χ3n) is 27.0. The summed E-state index contributed by atoms with van der Waals surface area (Å²) in [6, 6.07) is 153. The molecule has 11 nitrogen and oxygen atoms in total. The third-order valence-corrected chi connectivity index (χ3v) is 36.5. The summed E-state index contributed by atoms with van der Waals surface area (Å²) >= 11 is 0. The number of hydrogen-bond donors (Lipinski definition) is 0. The van der Waals surface area contributed by atoms with Crippen LogP contribution in [0.15, 0.2) is 419 Å². The molecule has 0 saturated carbocycles. The predicted molar refractivity (Wildman–Crippen MR) is 515 cm³/mol. The number of hydrogen-bond acceptors (Lipinski definition) is 6. The summed E-state index contributed by atoms with van der Waals surface area (Å²) in [5.74, 6) is 8.02. The molecule has 0 N–H and O–H groups in total. The standard InChI is InChI=1S/C110H69B2N7O4Si2/c1-6-30-75(31-7-1)124(76-32-8-2-9-33-76,77-34-10-3-11-35-77)81-56-59-92-84(68-81)83-41-16-20-45-91(83)115(92)73-64-103-108-104(65-73)123-102-60-54-70(61-88(102)112(108)87-44-19-27-52-101(87)122-103)71-53-58-93-90(62-71)114-110-116(94-46-21-23-48-96(94)118(93)110)72-29-28-40-80(63-72)125(78-36-12-4-13-37-78,79-38-14-5-15-39-79)82-55-57-89-98(69-82)119-97-49-24-22-47-95(97)117(109(119)113-89)74-66-105-107-106(67-74)121-100-51-26-18-43-86(100)111(107)85-42-17-25-50-99(85)120-105/h1-69H. The van der Waals surface area contributed by atoms with Gasteiger partial charge in [0.2, 0.25) is 11.6 Å². The summed E-state index contributed by atoms with van der Waals surface area (Å²) in [6.07, 6.45) is 0. The molecule has 0 bridgehead atoms. The number of ether oxygens (including phenoxy) is 4. The molecule has 5 aromatic heterocycles. The minimum absolute atomic E-state index is 0.0449. The molecule has 0 fully saturated rings. The fourth-order valence-electron chi connectivity index (χ4n) is 21.8. The first-order valence-electron chi connectivity index (χ1n) is 42.7. The summed E-state index contributed by atoms with van der Waals surface area (Å²) < 4.78 is 39.9. The van der Waals surface area contributed by atoms with Gasteiger partial charge in [-0.2, -0.15) is 0 Å². The monoisotopic (exact) mass is 1630 g/mol. The number of para-hydroxylation sites is 8. The van der Waals surface area contributed by atoms with Gasteiger partial charge in [-0.1, -0.05) is 297 Å². The van der Waals surface area contributed by atoms with Crippen molar-refractivity contribution in [3.8, 4) is 74.2 Å². The first kappa shape index (κ1) is 69.8. The molecule has 23 aromatic rings. The molecule has 582 valence electrons. The molecule has 0 unspecified atom stereocenters. The van der Waals surface area contributed by atoms with E-state index < -0.39 is 16.1 Å². The maximum atomic E-state index is 7.28. The Morgan fingerprint density at radius 2 is 0.584 bits per heavy atom. The normalized spacial score (nSPS) is 13.0. The van der Waals surface area contributed by atoms with Crippen LogP contribution in [0.5, 0.6) is 46.0 Å². The van der Waals surface area contributed by atoms with Gasteiger partial charge in [0, 0.05) is 51.7 Å². The van der Waals surface area contributed by atoms with Gasteiger partial charge in [-0.05, 0) is 172 Å². The summed E-state index contributed by atoms with van der Waals surface area (Å²) in [6.45, 7) is -0.227. The van der Waals surface area contributed by atoms with Crippen molar-refractivity contribution >= 4 is 181 Å². The highest BCUT2D eigenvalue weighted by molar-refractivity contribution is 7.20. The van der Waals surface area contributed by atoms with Crippen molar-refractivity contribution in [2.45, 2.75) is 0 Å². The number of nitrogens with zero attached hydrogens (tertiary/aromatic N) is 7. The van der Waals surface area contributed by atoms with E-state index in [4.69, 9.17) is 28.9 Å². The van der Waals surface area contributed by atoms with E-state index in [2.05, 4.69) is 429 Å². The van der Waals surface area contributed by atoms with E-state index in [-0.39, 0.29) is 13.4 Å². The Kier molecular flexibility index (Phi) is 15.0. The Morgan fingerprint density at radius 3 is 1.13 bits per heavy atom. The highest BCUT2D eigenvalue weighted by Crippen LogP contribution is 2.44. The van der Waals surface area contributed by atoms with Gasteiger partial charge in [0.15, 0.2) is 16.1 Å². The minimum Gasteiger partial charge on any atom is -0.458 e. The number of imidazole rings is 4. The highest BCUT2D eigenvalue weighted by Gasteiger charge is 2.47. The zero-order valence-corrected chi connectivity index (χ0v) is 69.3. The van der Waals surface area contributed by atoms with Crippen LogP contribution in [0.3, 0.4) is 0 Å². The van der Waals surface area contributed by atoms with E-state index in [0.717, 1.165) is 174 Å². The molecule has 27 rings (SSSR count). The molecular weight excluding hydrogens is 1560 g/mol. The van der Waals surface area contributed by atoms with Crippen molar-refractivity contribution in [2.75, 3.05) is 0 Å². The van der Waals surface area contributed by atoms with Crippen LogP contribution >= 0.6 is 0 Å². The lowest BCUT2D eigenvalue weighted by molar-refractivity contribution is 0.463. The number of benzene rings is 18. The Bertz CT molecular complexity index is 8260. The van der Waals surface area contributed by atoms with Crippen LogP contribution < -0.4 is 93.2 Å². The molecule has 4 aliphatic rings. The number of rotatable bonds is 12. The Hall–Kier alpha value is -15.9. The van der Waals surface area contributed by atoms with Gasteiger partial charge in [-0.25, -0.2) is 9.97 Å². The molecule has 0 saturated heterocycles. The fourth-order valence-corrected chi connectivity index (χ4v) is 31.3. The van der Waals surface area contributed by atoms with Gasteiger partial charge >= 0.3 is 0 Å². The first-order chi connectivity index (χ1) is 62.0. The second-order valence-electron chi connectivity index (χ2n) is 33.4. The van der Waals surface area contributed by atoms with Crippen LogP contribution in [0.4, 0.5) is 0 Å². The van der Waals surface area contributed by atoms with Crippen molar-refractivity contribution in [1.82, 2.24) is 32.5 Å². The summed E-state index contributed by atoms with van der Waals surface area (Å²) in [5.41, 5.74) is 21.6. The molecule has 9 heterocycles. The van der Waals surface area contributed by atoms with Gasteiger partial charge in [-0.3, -0.25) is 17.9 Å². The molecule has 0 atom stereocenters. The predicted octanol–water partition coefficient (Wildman–Crippen LogP) is 16.2. The molecule has 0 aliphatic carbocycles. The second-order valence-corrected chi connectivity index (χ2v) is 41.0. The van der Waals surface area contributed by atoms with E-state index >= 15 is 0 Å². The van der Waals surface area contributed by atoms with E-state index in [1.54, 1.807) is 0 Å². The molecule has 15 heteroatoms. The van der Waals surface area contributed by atoms with E-state index in [9.17, 15) is 0 Å². The maximum Gasteiger partial charge on any atom is 0.260 e. The van der Waals surface area contributed by atoms with Gasteiger partial charge in [-0.15, -0.1) is 0 Å². The molecule has 125 heavy (non-hydrogen) atoms. The van der Waals surface area contributed by atoms with Crippen molar-refractivity contribution in [3.63, 3.8) is 0 Å². The lowest BCUT2D eigenvalue weighted by Crippen LogP contribution is -2.74. The Morgan fingerprint density at radius 1 is 0.208 bits per heavy atom. The first-order valence-corrected chi connectivity index (χ1v) is 46.7. The maximum absolute atomic E-state index is 7.28. The van der Waals surface area contributed by atoms with Gasteiger partial charge in [0.25, 0.3) is 13.4 Å². The quantitative estimate of drug-likeness (QED) is 0.0895. The van der Waals surface area contributed by atoms with Crippen LogP contribution in [0, 0.1) is 0 Å². The van der Waals surface area contributed by atoms with Crippen LogP contribution in [-0.4, -0.2) is 62.0 Å². The summed E-state index contributed by atoms with van der Waals surface area (Å²) in [4.78, 5) is 11.3. The van der Waals surface area contributed by atoms with Gasteiger partial charge in [0.05, 0.1) is 66.5 Å². The van der Waals surface area contributed by atoms with Crippen molar-refractivity contribution in [2.24, 2.45) is 0 Å². The third kappa shape index (κ3) is 10.0. The second kappa shape index (κ2) is 26.8. The van der Waals surface area contributed by atoms with E-state index in [1.165, 1.54) is 52.3 Å². The van der Waals surface area contributed by atoms with Crippen molar-refractivity contribution in [1.29, 1.82) is 0 Å². The Labute approximate surface area is 720 Å². The molecule has 0 amide bonds. The Balaban J connectivity index is 0.571. The van der Waals surface area contributed by atoms with Gasteiger partial charge in [0.1, 0.15) is 46.0 Å². The van der Waals surface area contributed by atoms with Crippen LogP contribution in [0.1, 0.15) is 0 Å². The zero-order chi connectivity index (χ0) is 81.7. The largest absolute Gasteiger partial charge is 0.458 e. The minimum atomic E-state index is -3.30. The van der Waals surface area contributed by atoms with Crippen LogP contribution in [-0.2, 0) is 0 Å². The lowest BCUT2D eigenvalue weighted by atomic mass is 9.34. The molecule has 0 spiro atoms. The van der Waals surface area contributed by atoms with Crippen LogP contribution in [0.25, 0.3) is 106 Å². The average Bonchev–Trinajstić information content (AvgIpc) is 1.72. The zero-order valence-electron chi connectivity index (χ0n) is 67.3. The average molecular weight is 1630 g/mol. The van der Waals surface area contributed by atoms with Gasteiger partial charge < -0.3 is 23.5 Å². The topological polar surface area (TPSA) is 86.3 Å². The molecule has 4 aliphatic heterocycles. The SMILES string of the molecule is c1ccc([Si](c2ccccc2)(c2ccccc2)c2ccc3c(c2)c2ccccc2n3-c2cc3c4c(c2)Oc2ccc(-c5ccc6c(c5)nc5n(-c7cccc([Si](c8ccccc8)(c8ccccc8)c8ccc9nc%10n(-c%11cc%12c%13c(c%11)Oc%11ccccc%11B%13c%11ccccc%11O%12)c%11ccccc%11n%10c9c8)c7)c7ccccc7n65)cc2B4c2ccccc2O3)cc1. The molecule has 0 radical (unpaired) electrons. The van der Waals surface area contributed by atoms with Crippen molar-refractivity contribution < 1.29 is 18.9 Å². The van der Waals surface area contributed by atoms with E-state index in [0.29, 0.717) is 0 Å². The lowest BCUT2D eigenvalue weighted by Gasteiger charge is -2.34. The van der Waals surface area contributed by atoms with Crippen molar-refractivity contribution in [3.05, 3.63) is 419 Å². The molecule has 18 aromatic carbocycles. The fraction of sp³-hybridized carbons (Fsp3) is 0. The summed E-state index contributed by atoms with van der Waals surface area (Å²) in [5, 5.41) is 12.6. The van der Waals surface area contributed by atoms with E-state index in [1.807, 2.05) is 12.1 Å². The molecular formula is C110H69B2N7O4Si2. The van der Waals surface area contributed by atoms with Crippen LogP contribution in [0.2, 0.25) is 0 Å². The number of aromatic nitrogens is 7.